The highest BCUT2D eigenvalue weighted by atomic mass is 16.5. The summed E-state index contributed by atoms with van der Waals surface area (Å²) < 4.78 is 17.4. The third-order valence-corrected chi connectivity index (χ3v) is 9.08. The molecule has 0 bridgehead atoms. The van der Waals surface area contributed by atoms with Gasteiger partial charge in [-0.1, -0.05) is 12.2 Å². The van der Waals surface area contributed by atoms with Crippen molar-refractivity contribution in [2.75, 3.05) is 51.8 Å². The Morgan fingerprint density at radius 2 is 1.54 bits per heavy atom. The number of rotatable bonds is 15. The molecule has 0 unspecified atom stereocenters. The minimum absolute atomic E-state index is 0.228. The van der Waals surface area contributed by atoms with Crippen LogP contribution in [0.5, 0.6) is 11.5 Å². The molecule has 3 aromatic heterocycles. The number of allylic oxidation sites excluding steroid dienone is 2. The Morgan fingerprint density at radius 3 is 2.19 bits per heavy atom. The lowest BCUT2D eigenvalue weighted by molar-refractivity contribution is 0.0991. The van der Waals surface area contributed by atoms with E-state index in [2.05, 4.69) is 25.6 Å². The number of anilines is 1. The van der Waals surface area contributed by atoms with Crippen molar-refractivity contribution in [3.63, 3.8) is 0 Å². The molecule has 5 aromatic rings. The third kappa shape index (κ3) is 7.62. The molecule has 1 fully saturated rings. The topological polar surface area (TPSA) is 202 Å². The fourth-order valence-electron chi connectivity index (χ4n) is 6.52. The van der Waals surface area contributed by atoms with Gasteiger partial charge in [0, 0.05) is 63.5 Å². The lowest BCUT2D eigenvalue weighted by Gasteiger charge is -2.27. The summed E-state index contributed by atoms with van der Waals surface area (Å²) in [6, 6.07) is 8.21. The molecule has 16 nitrogen and oxygen atoms in total. The SMILES string of the molecule is CCn1nc(C)cc1C(=O)Nc1nc2cc(C(N)=O)cc(OC)c2n1C/C=C/Cn1c(C)nc2cc(C(N)=O)cc(OCCCN3CCNCC3)c21. The molecule has 2 aromatic carbocycles. The van der Waals surface area contributed by atoms with Crippen LogP contribution in [0.4, 0.5) is 5.95 Å². The van der Waals surface area contributed by atoms with Crippen molar-refractivity contribution in [3.8, 4) is 11.5 Å². The number of aromatic nitrogens is 6. The predicted molar refractivity (Wildman–Crippen MR) is 197 cm³/mol. The molecule has 6 N–H and O–H groups in total. The van der Waals surface area contributed by atoms with Gasteiger partial charge in [-0.2, -0.15) is 5.10 Å². The van der Waals surface area contributed by atoms with E-state index >= 15 is 0 Å². The fraction of sp³-hybridized carbons (Fsp3) is 0.389. The van der Waals surface area contributed by atoms with Crippen LogP contribution in [0.1, 0.15) is 56.1 Å². The number of hydrogen-bond acceptors (Lipinski definition) is 10. The van der Waals surface area contributed by atoms with Crippen molar-refractivity contribution in [3.05, 3.63) is 70.8 Å². The number of hydrogen-bond donors (Lipinski definition) is 4. The van der Waals surface area contributed by atoms with E-state index in [4.69, 9.17) is 25.9 Å². The number of nitrogens with one attached hydrogen (secondary N) is 2. The monoisotopic (exact) mass is 711 g/mol. The number of fused-ring (bicyclic) bond motifs is 2. The number of aryl methyl sites for hydroxylation is 3. The van der Waals surface area contributed by atoms with E-state index < -0.39 is 11.8 Å². The van der Waals surface area contributed by atoms with Gasteiger partial charge in [-0.15, -0.1) is 0 Å². The number of nitrogens with zero attached hydrogens (tertiary/aromatic N) is 7. The average Bonchev–Trinajstić information content (AvgIpc) is 3.79. The van der Waals surface area contributed by atoms with Crippen LogP contribution < -0.4 is 31.6 Å². The van der Waals surface area contributed by atoms with Gasteiger partial charge in [-0.3, -0.25) is 24.4 Å². The molecular formula is C36H45N11O5. The van der Waals surface area contributed by atoms with Gasteiger partial charge in [0.1, 0.15) is 34.1 Å². The zero-order valence-electron chi connectivity index (χ0n) is 29.9. The van der Waals surface area contributed by atoms with Gasteiger partial charge in [0.05, 0.1) is 30.4 Å². The van der Waals surface area contributed by atoms with Crippen molar-refractivity contribution in [1.29, 1.82) is 0 Å². The van der Waals surface area contributed by atoms with Gasteiger partial charge in [0.2, 0.25) is 17.8 Å². The highest BCUT2D eigenvalue weighted by molar-refractivity contribution is 6.04. The second-order valence-corrected chi connectivity index (χ2v) is 12.6. The fourth-order valence-corrected chi connectivity index (χ4v) is 6.52. The molecule has 0 saturated carbocycles. The van der Waals surface area contributed by atoms with Crippen LogP contribution in [0.2, 0.25) is 0 Å². The number of methoxy groups -OCH3 is 1. The Morgan fingerprint density at radius 1 is 0.904 bits per heavy atom. The van der Waals surface area contributed by atoms with Gasteiger partial charge in [0.15, 0.2) is 0 Å². The number of benzene rings is 2. The number of primary amides is 2. The molecule has 16 heteroatoms. The number of carbonyl (C=O) groups excluding carboxylic acids is 3. The van der Waals surface area contributed by atoms with E-state index in [1.807, 2.05) is 37.5 Å². The normalized spacial score (nSPS) is 13.7. The van der Waals surface area contributed by atoms with Crippen LogP contribution >= 0.6 is 0 Å². The molecule has 3 amide bonds. The van der Waals surface area contributed by atoms with Gasteiger partial charge < -0.3 is 40.3 Å². The molecule has 1 saturated heterocycles. The van der Waals surface area contributed by atoms with Crippen LogP contribution in [0.15, 0.2) is 42.5 Å². The number of amides is 3. The first kappa shape index (κ1) is 36.1. The second-order valence-electron chi connectivity index (χ2n) is 12.6. The number of carbonyl (C=O) groups is 3. The average molecular weight is 712 g/mol. The third-order valence-electron chi connectivity index (χ3n) is 9.08. The van der Waals surface area contributed by atoms with E-state index in [1.165, 1.54) is 7.11 Å². The molecule has 6 rings (SSSR count). The molecule has 0 spiro atoms. The predicted octanol–water partition coefficient (Wildman–Crippen LogP) is 2.61. The van der Waals surface area contributed by atoms with E-state index in [0.29, 0.717) is 64.7 Å². The molecule has 0 radical (unpaired) electrons. The van der Waals surface area contributed by atoms with Gasteiger partial charge in [-0.05, 0) is 57.5 Å². The van der Waals surface area contributed by atoms with Gasteiger partial charge >= 0.3 is 0 Å². The highest BCUT2D eigenvalue weighted by Crippen LogP contribution is 2.32. The summed E-state index contributed by atoms with van der Waals surface area (Å²) in [5, 5.41) is 10.7. The smallest absolute Gasteiger partial charge is 0.276 e. The van der Waals surface area contributed by atoms with E-state index in [9.17, 15) is 14.4 Å². The van der Waals surface area contributed by atoms with Crippen LogP contribution in [0.25, 0.3) is 22.1 Å². The van der Waals surface area contributed by atoms with Crippen molar-refractivity contribution < 1.29 is 23.9 Å². The number of imidazole rings is 2. The lowest BCUT2D eigenvalue weighted by Crippen LogP contribution is -2.43. The Labute approximate surface area is 300 Å². The summed E-state index contributed by atoms with van der Waals surface area (Å²) in [6.45, 7) is 12.2. The summed E-state index contributed by atoms with van der Waals surface area (Å²) in [7, 11) is 1.49. The van der Waals surface area contributed by atoms with E-state index in [1.54, 1.807) is 39.6 Å². The molecule has 4 heterocycles. The maximum atomic E-state index is 13.5. The number of nitrogens with two attached hydrogens (primary N) is 2. The molecular weight excluding hydrogens is 666 g/mol. The molecule has 0 aliphatic carbocycles. The van der Waals surface area contributed by atoms with Gasteiger partial charge in [-0.25, -0.2) is 9.97 Å². The maximum absolute atomic E-state index is 13.5. The summed E-state index contributed by atoms with van der Waals surface area (Å²) >= 11 is 0. The Bertz CT molecular complexity index is 2160. The molecule has 0 atom stereocenters. The summed E-state index contributed by atoms with van der Waals surface area (Å²) in [5.41, 5.74) is 15.3. The summed E-state index contributed by atoms with van der Waals surface area (Å²) in [4.78, 5) is 49.6. The number of ether oxygens (including phenoxy) is 2. The van der Waals surface area contributed by atoms with Crippen molar-refractivity contribution in [2.24, 2.45) is 11.5 Å². The quantitative estimate of drug-likeness (QED) is 0.0924. The largest absolute Gasteiger partial charge is 0.494 e. The Balaban J connectivity index is 1.28. The molecule has 1 aliphatic rings. The van der Waals surface area contributed by atoms with Crippen LogP contribution in [-0.4, -0.2) is 97.9 Å². The summed E-state index contributed by atoms with van der Waals surface area (Å²) in [5.74, 6) is 0.347. The summed E-state index contributed by atoms with van der Waals surface area (Å²) in [6.07, 6.45) is 4.75. The maximum Gasteiger partial charge on any atom is 0.276 e. The zero-order chi connectivity index (χ0) is 36.9. The van der Waals surface area contributed by atoms with Gasteiger partial charge in [0.25, 0.3) is 5.91 Å². The lowest BCUT2D eigenvalue weighted by atomic mass is 10.1. The van der Waals surface area contributed by atoms with Crippen LogP contribution in [0.3, 0.4) is 0 Å². The highest BCUT2D eigenvalue weighted by Gasteiger charge is 2.22. The Hall–Kier alpha value is -5.74. The van der Waals surface area contributed by atoms with E-state index in [0.717, 1.165) is 50.5 Å². The van der Waals surface area contributed by atoms with E-state index in [-0.39, 0.29) is 24.0 Å². The molecule has 1 aliphatic heterocycles. The first-order chi connectivity index (χ1) is 25.1. The first-order valence-corrected chi connectivity index (χ1v) is 17.3. The molecule has 274 valence electrons. The van der Waals surface area contributed by atoms with Crippen molar-refractivity contribution >= 4 is 45.7 Å². The van der Waals surface area contributed by atoms with Crippen molar-refractivity contribution in [1.82, 2.24) is 39.1 Å². The second kappa shape index (κ2) is 15.7. The minimum Gasteiger partial charge on any atom is -0.494 e. The zero-order valence-corrected chi connectivity index (χ0v) is 29.9. The Kier molecular flexibility index (Phi) is 10.9. The standard InChI is InChI=1S/C36H45N11O5/c1-5-47-28(17-22(2)43-47)35(50)42-36-41-27-19-24(33(37)48)20-29(51-4)31(27)46(36)13-7-6-12-45-23(3)40-26-18-25(34(38)49)21-30(32(26)45)52-16-8-11-44-14-9-39-10-15-44/h6-7,17-21,39H,5,8-16H2,1-4H3,(H2,37,48)(H2,38,49)(H,41,42,50)/b7-6+. The van der Waals surface area contributed by atoms with Crippen LogP contribution in [-0.2, 0) is 19.6 Å². The van der Waals surface area contributed by atoms with Crippen LogP contribution in [0, 0.1) is 13.8 Å². The minimum atomic E-state index is -0.628. The first-order valence-electron chi connectivity index (χ1n) is 17.3. The number of piperazine rings is 1. The van der Waals surface area contributed by atoms with Crippen molar-refractivity contribution in [2.45, 2.75) is 46.8 Å². The molecule has 52 heavy (non-hydrogen) atoms.